The molecule has 0 fully saturated rings. The normalized spacial score (nSPS) is 9.93. The molecule has 3 aromatic heterocycles. The number of hydrogen-bond acceptors (Lipinski definition) is 8. The molecule has 0 amide bonds. The Labute approximate surface area is 178 Å². The van der Waals surface area contributed by atoms with Crippen LogP contribution in [0, 0.1) is 6.92 Å². The van der Waals surface area contributed by atoms with Crippen molar-refractivity contribution in [3.8, 4) is 5.75 Å². The fourth-order valence-electron chi connectivity index (χ4n) is 2.42. The Morgan fingerprint density at radius 1 is 1.03 bits per heavy atom. The number of carbonyl (C=O) groups excluding carboxylic acids is 1. The number of aryl methyl sites for hydroxylation is 1. The number of ether oxygens (including phenoxy) is 2. The number of furan rings is 2. The molecule has 4 rings (SSSR count). The van der Waals surface area contributed by atoms with Crippen LogP contribution in [0.3, 0.4) is 0 Å². The lowest BCUT2D eigenvalue weighted by Gasteiger charge is -2.06. The third kappa shape index (κ3) is 6.29. The van der Waals surface area contributed by atoms with Gasteiger partial charge in [-0.1, -0.05) is 0 Å². The van der Waals surface area contributed by atoms with E-state index in [4.69, 9.17) is 27.8 Å². The van der Waals surface area contributed by atoms with Crippen molar-refractivity contribution in [3.63, 3.8) is 0 Å². The zero-order valence-electron chi connectivity index (χ0n) is 16.0. The van der Waals surface area contributed by atoms with Gasteiger partial charge in [0.2, 0.25) is 0 Å². The molecule has 0 atom stereocenters. The summed E-state index contributed by atoms with van der Waals surface area (Å²) in [5.74, 6) is 1.35. The number of aliphatic hydroxyl groups excluding tert-OH is 1. The summed E-state index contributed by atoms with van der Waals surface area (Å²) in [6.07, 6.45) is 2.15. The molecule has 1 N–H and O–H groups in total. The first-order valence-corrected chi connectivity index (χ1v) is 8.60. The van der Waals surface area contributed by atoms with E-state index in [1.807, 2.05) is 0 Å². The molecule has 0 aliphatic carbocycles. The molecule has 0 unspecified atom stereocenters. The molecule has 9 heteroatoms. The number of aliphatic hydroxyl groups is 1. The first-order chi connectivity index (χ1) is 14.0. The van der Waals surface area contributed by atoms with Gasteiger partial charge in [-0.3, -0.25) is 0 Å². The molecule has 0 saturated heterocycles. The van der Waals surface area contributed by atoms with Crippen molar-refractivity contribution < 1.29 is 32.6 Å². The maximum atomic E-state index is 11.6. The van der Waals surface area contributed by atoms with E-state index in [0.717, 1.165) is 10.9 Å². The summed E-state index contributed by atoms with van der Waals surface area (Å²) in [7, 11) is 0. The summed E-state index contributed by atoms with van der Waals surface area (Å²) >= 11 is 0. The predicted molar refractivity (Wildman–Crippen MR) is 112 cm³/mol. The Balaban J connectivity index is 0.000000341. The molecule has 30 heavy (non-hydrogen) atoms. The van der Waals surface area contributed by atoms with E-state index >= 15 is 0 Å². The van der Waals surface area contributed by atoms with Gasteiger partial charge in [0.1, 0.15) is 29.5 Å². The van der Waals surface area contributed by atoms with Gasteiger partial charge in [0.25, 0.3) is 0 Å². The molecule has 0 saturated carbocycles. The minimum atomic E-state index is -0.870. The van der Waals surface area contributed by atoms with Crippen LogP contribution in [-0.4, -0.2) is 11.3 Å². The van der Waals surface area contributed by atoms with Crippen molar-refractivity contribution in [2.24, 2.45) is 0 Å². The first kappa shape index (κ1) is 22.9. The van der Waals surface area contributed by atoms with E-state index in [0.29, 0.717) is 17.1 Å². The fourth-order valence-corrected chi connectivity index (χ4v) is 2.42. The molecule has 0 aliphatic heterocycles. The van der Waals surface area contributed by atoms with Crippen LogP contribution in [0.4, 0.5) is 4.79 Å². The third-order valence-corrected chi connectivity index (χ3v) is 3.77. The summed E-state index contributed by atoms with van der Waals surface area (Å²) in [5.41, 5.74) is 0.682. The molecule has 0 radical (unpaired) electrons. The van der Waals surface area contributed by atoms with E-state index in [1.165, 1.54) is 24.7 Å². The van der Waals surface area contributed by atoms with Gasteiger partial charge in [-0.2, -0.15) is 13.5 Å². The van der Waals surface area contributed by atoms with E-state index < -0.39 is 11.8 Å². The highest BCUT2D eigenvalue weighted by Gasteiger charge is 2.10. The summed E-state index contributed by atoms with van der Waals surface area (Å²) in [6, 6.07) is 13.0. The predicted octanol–water partition coefficient (Wildman–Crippen LogP) is 4.29. The summed E-state index contributed by atoms with van der Waals surface area (Å²) in [6.45, 7) is 1.78. The molecule has 4 aromatic rings. The zero-order valence-corrected chi connectivity index (χ0v) is 17.0. The van der Waals surface area contributed by atoms with Crippen molar-refractivity contribution >= 4 is 30.6 Å². The molecule has 1 aromatic carbocycles. The Morgan fingerprint density at radius 3 is 2.33 bits per heavy atom. The Hall–Kier alpha value is -3.43. The molecule has 8 nitrogen and oxygen atoms in total. The highest BCUT2D eigenvalue weighted by atomic mass is 32.1. The number of benzene rings is 1. The largest absolute Gasteiger partial charge is 0.514 e. The van der Waals surface area contributed by atoms with Crippen molar-refractivity contribution in [2.75, 3.05) is 0 Å². The van der Waals surface area contributed by atoms with E-state index in [9.17, 15) is 9.59 Å². The van der Waals surface area contributed by atoms with Crippen LogP contribution in [0.15, 0.2) is 79.1 Å². The van der Waals surface area contributed by atoms with E-state index in [2.05, 4.69) is 0 Å². The second-order valence-corrected chi connectivity index (χ2v) is 5.86. The van der Waals surface area contributed by atoms with Gasteiger partial charge in [0, 0.05) is 17.5 Å². The van der Waals surface area contributed by atoms with Crippen molar-refractivity contribution in [3.05, 3.63) is 88.6 Å². The van der Waals surface area contributed by atoms with Gasteiger partial charge in [-0.05, 0) is 48.9 Å². The summed E-state index contributed by atoms with van der Waals surface area (Å²) in [5, 5.41) is 9.11. The van der Waals surface area contributed by atoms with Crippen LogP contribution in [0.1, 0.15) is 17.1 Å². The van der Waals surface area contributed by atoms with Gasteiger partial charge < -0.3 is 27.8 Å². The van der Waals surface area contributed by atoms with Crippen LogP contribution in [-0.2, 0) is 18.0 Å². The highest BCUT2D eigenvalue weighted by molar-refractivity contribution is 7.59. The second kappa shape index (κ2) is 10.9. The quantitative estimate of drug-likeness (QED) is 0.289. The zero-order chi connectivity index (χ0) is 20.6. The number of fused-ring (bicyclic) bond motifs is 1. The molecule has 0 bridgehead atoms. The SMILES string of the molecule is Cc1cc(=O)oc2cc(OC(=O)OCc3ccco3)ccc12.OCc1ccco1.S. The minimum absolute atomic E-state index is 0. The Bertz CT molecular complexity index is 1110. The third-order valence-electron chi connectivity index (χ3n) is 3.77. The smallest absolute Gasteiger partial charge is 0.467 e. The average molecular weight is 432 g/mol. The molecule has 3 heterocycles. The van der Waals surface area contributed by atoms with Gasteiger partial charge >= 0.3 is 11.8 Å². The standard InChI is InChI=1S/C16H12O6.C5H6O2.H2S/c1-10-7-15(17)22-14-8-11(4-5-13(10)14)21-16(18)20-9-12-3-2-6-19-12;6-4-5-2-1-3-7-5;/h2-8H,9H2,1H3;1-3,6H,4H2;1H2. The lowest BCUT2D eigenvalue weighted by Crippen LogP contribution is -2.10. The van der Waals surface area contributed by atoms with E-state index in [1.54, 1.807) is 43.3 Å². The van der Waals surface area contributed by atoms with Gasteiger partial charge in [0.05, 0.1) is 12.5 Å². The van der Waals surface area contributed by atoms with Crippen LogP contribution in [0.2, 0.25) is 0 Å². The Kier molecular flexibility index (Phi) is 8.33. The lowest BCUT2D eigenvalue weighted by atomic mass is 10.1. The molecule has 0 aliphatic rings. The van der Waals surface area contributed by atoms with Gasteiger partial charge in [-0.25, -0.2) is 9.59 Å². The van der Waals surface area contributed by atoms with Crippen LogP contribution < -0.4 is 10.4 Å². The number of carbonyl (C=O) groups is 1. The highest BCUT2D eigenvalue weighted by Crippen LogP contribution is 2.22. The van der Waals surface area contributed by atoms with Crippen molar-refractivity contribution in [1.29, 1.82) is 0 Å². The molecule has 0 spiro atoms. The van der Waals surface area contributed by atoms with Gasteiger partial charge in [-0.15, -0.1) is 0 Å². The molecule has 158 valence electrons. The monoisotopic (exact) mass is 432 g/mol. The van der Waals surface area contributed by atoms with Crippen molar-refractivity contribution in [1.82, 2.24) is 0 Å². The fraction of sp³-hybridized carbons (Fsp3) is 0.143. The van der Waals surface area contributed by atoms with Crippen LogP contribution in [0.5, 0.6) is 5.75 Å². The second-order valence-electron chi connectivity index (χ2n) is 5.86. The lowest BCUT2D eigenvalue weighted by molar-refractivity contribution is 0.0864. The first-order valence-electron chi connectivity index (χ1n) is 8.60. The number of rotatable bonds is 4. The topological polar surface area (TPSA) is 112 Å². The Morgan fingerprint density at radius 2 is 1.73 bits per heavy atom. The van der Waals surface area contributed by atoms with Crippen LogP contribution in [0.25, 0.3) is 11.0 Å². The van der Waals surface area contributed by atoms with E-state index in [-0.39, 0.29) is 32.5 Å². The molecular weight excluding hydrogens is 412 g/mol. The average Bonchev–Trinajstić information content (AvgIpc) is 3.40. The van der Waals surface area contributed by atoms with Crippen LogP contribution >= 0.6 is 13.5 Å². The van der Waals surface area contributed by atoms with Crippen molar-refractivity contribution in [2.45, 2.75) is 20.1 Å². The molecular formula is C21H20O8S. The number of hydrogen-bond donors (Lipinski definition) is 1. The maximum Gasteiger partial charge on any atom is 0.514 e. The maximum absolute atomic E-state index is 11.6. The summed E-state index contributed by atoms with van der Waals surface area (Å²) < 4.78 is 24.8. The minimum Gasteiger partial charge on any atom is -0.467 e. The van der Waals surface area contributed by atoms with Gasteiger partial charge in [0.15, 0.2) is 6.61 Å². The summed E-state index contributed by atoms with van der Waals surface area (Å²) in [4.78, 5) is 23.0.